The number of carbonyl (C=O) groups is 1. The Balaban J connectivity index is 2.27. The average molecular weight is 137 g/mol. The molecular formula is C6H7N3O. The number of hydrogen-bond donors (Lipinski definition) is 2. The molecule has 1 atom stereocenters. The van der Waals surface area contributed by atoms with Crippen LogP contribution in [0, 0.1) is 0 Å². The first-order valence-corrected chi connectivity index (χ1v) is 3.05. The van der Waals surface area contributed by atoms with Crippen molar-refractivity contribution < 1.29 is 4.79 Å². The van der Waals surface area contributed by atoms with Crippen molar-refractivity contribution in [2.45, 2.75) is 6.29 Å². The Hall–Kier alpha value is -1.45. The van der Waals surface area contributed by atoms with Crippen LogP contribution in [0.2, 0.25) is 0 Å². The molecule has 2 aliphatic rings. The van der Waals surface area contributed by atoms with Crippen molar-refractivity contribution in [2.24, 2.45) is 0 Å². The molecule has 0 spiro atoms. The monoisotopic (exact) mass is 137 g/mol. The summed E-state index contributed by atoms with van der Waals surface area (Å²) in [6.07, 6.45) is 6.51. The lowest BCUT2D eigenvalue weighted by Gasteiger charge is -2.25. The van der Waals surface area contributed by atoms with E-state index in [9.17, 15) is 4.79 Å². The van der Waals surface area contributed by atoms with Crippen molar-refractivity contribution in [3.8, 4) is 0 Å². The van der Waals surface area contributed by atoms with Gasteiger partial charge in [0.05, 0.1) is 0 Å². The van der Waals surface area contributed by atoms with Gasteiger partial charge in [-0.25, -0.2) is 0 Å². The van der Waals surface area contributed by atoms with Gasteiger partial charge in [-0.15, -0.1) is 0 Å². The topological polar surface area (TPSA) is 44.4 Å². The number of amides is 1. The van der Waals surface area contributed by atoms with E-state index in [1.54, 1.807) is 23.5 Å². The molecule has 4 heteroatoms. The van der Waals surface area contributed by atoms with E-state index in [2.05, 4.69) is 10.6 Å². The summed E-state index contributed by atoms with van der Waals surface area (Å²) in [5, 5.41) is 5.91. The molecule has 0 saturated carbocycles. The Morgan fingerprint density at radius 2 is 2.20 bits per heavy atom. The van der Waals surface area contributed by atoms with E-state index in [1.807, 2.05) is 0 Å². The molecule has 0 aromatic carbocycles. The van der Waals surface area contributed by atoms with E-state index in [-0.39, 0.29) is 12.2 Å². The fraction of sp³-hybridized carbons (Fsp3) is 0.167. The van der Waals surface area contributed by atoms with Crippen molar-refractivity contribution in [2.75, 3.05) is 0 Å². The van der Waals surface area contributed by atoms with Crippen LogP contribution >= 0.6 is 0 Å². The van der Waals surface area contributed by atoms with Crippen LogP contribution in [-0.4, -0.2) is 17.1 Å². The van der Waals surface area contributed by atoms with Crippen LogP contribution in [0.15, 0.2) is 24.7 Å². The third-order valence-electron chi connectivity index (χ3n) is 1.50. The summed E-state index contributed by atoms with van der Waals surface area (Å²) in [4.78, 5) is 12.6. The van der Waals surface area contributed by atoms with Gasteiger partial charge < -0.3 is 10.6 Å². The Morgan fingerprint density at radius 3 is 3.00 bits per heavy atom. The number of rotatable bonds is 0. The number of nitrogens with one attached hydrogen (secondary N) is 2. The van der Waals surface area contributed by atoms with Crippen molar-refractivity contribution in [1.29, 1.82) is 0 Å². The van der Waals surface area contributed by atoms with Crippen LogP contribution in [0.3, 0.4) is 0 Å². The molecule has 52 valence electrons. The van der Waals surface area contributed by atoms with Crippen molar-refractivity contribution in [3.05, 3.63) is 24.7 Å². The lowest BCUT2D eigenvalue weighted by atomic mass is 10.4. The Kier molecular flexibility index (Phi) is 0.943. The van der Waals surface area contributed by atoms with Gasteiger partial charge in [0.25, 0.3) is 5.91 Å². The molecule has 0 aromatic rings. The summed E-state index contributed by atoms with van der Waals surface area (Å²) < 4.78 is 0. The maximum absolute atomic E-state index is 11.0. The van der Waals surface area contributed by atoms with Crippen molar-refractivity contribution in [1.82, 2.24) is 15.5 Å². The van der Waals surface area contributed by atoms with Gasteiger partial charge in [-0.3, -0.25) is 9.69 Å². The molecule has 2 aliphatic heterocycles. The summed E-state index contributed by atoms with van der Waals surface area (Å²) in [5.41, 5.74) is 0. The maximum Gasteiger partial charge on any atom is 0.255 e. The summed E-state index contributed by atoms with van der Waals surface area (Å²) in [6, 6.07) is 0. The first-order chi connectivity index (χ1) is 4.88. The number of carbonyl (C=O) groups excluding carboxylic acids is 1. The summed E-state index contributed by atoms with van der Waals surface area (Å²) >= 11 is 0. The summed E-state index contributed by atoms with van der Waals surface area (Å²) in [5.74, 6) is 0.00463. The quantitative estimate of drug-likeness (QED) is 0.463. The molecule has 2 heterocycles. The maximum atomic E-state index is 11.0. The molecule has 2 rings (SSSR count). The third-order valence-corrected chi connectivity index (χ3v) is 1.50. The molecule has 4 nitrogen and oxygen atoms in total. The fourth-order valence-electron chi connectivity index (χ4n) is 1.01. The minimum absolute atomic E-state index is 0.00463. The van der Waals surface area contributed by atoms with Crippen molar-refractivity contribution in [3.63, 3.8) is 0 Å². The van der Waals surface area contributed by atoms with E-state index in [1.165, 1.54) is 6.08 Å². The van der Waals surface area contributed by atoms with Crippen LogP contribution in [0.4, 0.5) is 0 Å². The highest BCUT2D eigenvalue weighted by molar-refractivity contribution is 5.89. The predicted octanol–water partition coefficient (Wildman–Crippen LogP) is -0.710. The highest BCUT2D eigenvalue weighted by Gasteiger charge is 2.24. The van der Waals surface area contributed by atoms with Crippen molar-refractivity contribution >= 4 is 5.91 Å². The van der Waals surface area contributed by atoms with Gasteiger partial charge >= 0.3 is 0 Å². The molecule has 1 unspecified atom stereocenters. The first-order valence-electron chi connectivity index (χ1n) is 3.05. The molecular weight excluding hydrogens is 130 g/mol. The number of fused-ring (bicyclic) bond motifs is 1. The van der Waals surface area contributed by atoms with E-state index < -0.39 is 0 Å². The van der Waals surface area contributed by atoms with E-state index >= 15 is 0 Å². The average Bonchev–Trinajstić information content (AvgIpc) is 2.36. The fourth-order valence-corrected chi connectivity index (χ4v) is 1.01. The number of hydrogen-bond acceptors (Lipinski definition) is 3. The molecule has 0 saturated heterocycles. The molecule has 0 bridgehead atoms. The largest absolute Gasteiger partial charge is 0.354 e. The second kappa shape index (κ2) is 1.76. The number of nitrogens with zero attached hydrogens (tertiary/aromatic N) is 1. The van der Waals surface area contributed by atoms with Crippen LogP contribution < -0.4 is 10.6 Å². The predicted molar refractivity (Wildman–Crippen MR) is 35.2 cm³/mol. The first kappa shape index (κ1) is 5.34. The van der Waals surface area contributed by atoms with Gasteiger partial charge in [0.2, 0.25) is 0 Å². The zero-order chi connectivity index (χ0) is 6.97. The molecule has 0 fully saturated rings. The van der Waals surface area contributed by atoms with Gasteiger partial charge in [-0.05, 0) is 0 Å². The lowest BCUT2D eigenvalue weighted by Crippen LogP contribution is -2.49. The van der Waals surface area contributed by atoms with Gasteiger partial charge in [0.1, 0.15) is 0 Å². The van der Waals surface area contributed by atoms with Gasteiger partial charge in [-0.2, -0.15) is 0 Å². The zero-order valence-electron chi connectivity index (χ0n) is 5.24. The summed E-state index contributed by atoms with van der Waals surface area (Å²) in [7, 11) is 0. The van der Waals surface area contributed by atoms with E-state index in [0.717, 1.165) is 0 Å². The highest BCUT2D eigenvalue weighted by atomic mass is 16.2. The minimum atomic E-state index is -0.0718. The van der Waals surface area contributed by atoms with Crippen LogP contribution in [0.25, 0.3) is 0 Å². The summed E-state index contributed by atoms with van der Waals surface area (Å²) in [6.45, 7) is 0. The van der Waals surface area contributed by atoms with Gasteiger partial charge in [0, 0.05) is 24.7 Å². The smallest absolute Gasteiger partial charge is 0.255 e. The van der Waals surface area contributed by atoms with E-state index in [4.69, 9.17) is 0 Å². The zero-order valence-corrected chi connectivity index (χ0v) is 5.24. The standard InChI is InChI=1S/C6H7N3O/c10-5-1-2-7-6-8-3-4-9(5)6/h1-4,6-8H. The minimum Gasteiger partial charge on any atom is -0.354 e. The molecule has 0 radical (unpaired) electrons. The SMILES string of the molecule is O=C1C=CNC2NC=CN12. The molecule has 0 aromatic heterocycles. The Labute approximate surface area is 58.2 Å². The Morgan fingerprint density at radius 1 is 1.40 bits per heavy atom. The van der Waals surface area contributed by atoms with Gasteiger partial charge in [0.15, 0.2) is 6.29 Å². The lowest BCUT2D eigenvalue weighted by molar-refractivity contribution is -0.126. The molecule has 1 amide bonds. The second-order valence-electron chi connectivity index (χ2n) is 2.13. The second-order valence-corrected chi connectivity index (χ2v) is 2.13. The van der Waals surface area contributed by atoms with Gasteiger partial charge in [-0.1, -0.05) is 0 Å². The molecule has 2 N–H and O–H groups in total. The molecule has 10 heavy (non-hydrogen) atoms. The normalized spacial score (nSPS) is 27.8. The van der Waals surface area contributed by atoms with Crippen LogP contribution in [-0.2, 0) is 4.79 Å². The highest BCUT2D eigenvalue weighted by Crippen LogP contribution is 2.06. The Bertz CT molecular complexity index is 221. The van der Waals surface area contributed by atoms with Crippen LogP contribution in [0.1, 0.15) is 0 Å². The molecule has 0 aliphatic carbocycles. The third kappa shape index (κ3) is 0.586. The van der Waals surface area contributed by atoms with E-state index in [0.29, 0.717) is 0 Å². The van der Waals surface area contributed by atoms with Crippen LogP contribution in [0.5, 0.6) is 0 Å².